The van der Waals surface area contributed by atoms with Crippen LogP contribution in [0.2, 0.25) is 0 Å². The maximum Gasteiger partial charge on any atom is 0.276 e. The number of para-hydroxylation sites is 2. The molecule has 1 heterocycles. The van der Waals surface area contributed by atoms with Crippen molar-refractivity contribution in [2.75, 3.05) is 18.2 Å². The van der Waals surface area contributed by atoms with Gasteiger partial charge in [-0.25, -0.2) is 13.4 Å². The number of fused-ring (bicyclic) bond motifs is 1. The molecule has 0 aliphatic carbocycles. The van der Waals surface area contributed by atoms with E-state index >= 15 is 0 Å². The van der Waals surface area contributed by atoms with Crippen LogP contribution in [0.15, 0.2) is 65.6 Å². The fourth-order valence-electron chi connectivity index (χ4n) is 2.51. The lowest BCUT2D eigenvalue weighted by molar-refractivity contribution is 0.0988. The number of carbonyl (C=O) groups is 1. The van der Waals surface area contributed by atoms with Crippen molar-refractivity contribution >= 4 is 32.3 Å². The van der Waals surface area contributed by atoms with Gasteiger partial charge < -0.3 is 4.90 Å². The zero-order valence-electron chi connectivity index (χ0n) is 13.3. The van der Waals surface area contributed by atoms with E-state index in [1.165, 1.54) is 11.0 Å². The number of sulfone groups is 1. The maximum absolute atomic E-state index is 12.7. The molecule has 3 aromatic rings. The standard InChI is InChI=1S/C18H16N2O3S/c1-20(16-9-5-6-10-17(16)24(2,22)23)18(21)15-12-11-13-7-3-4-8-14(13)19-15/h3-12H,1-2H3. The Balaban J connectivity index is 2.03. The van der Waals surface area contributed by atoms with Crippen LogP contribution in [-0.2, 0) is 9.84 Å². The largest absolute Gasteiger partial charge is 0.309 e. The third-order valence-electron chi connectivity index (χ3n) is 3.75. The van der Waals surface area contributed by atoms with Gasteiger partial charge in [0.1, 0.15) is 5.69 Å². The zero-order valence-corrected chi connectivity index (χ0v) is 14.1. The van der Waals surface area contributed by atoms with E-state index in [0.717, 1.165) is 11.6 Å². The molecule has 0 atom stereocenters. The molecule has 6 heteroatoms. The Kier molecular flexibility index (Phi) is 4.07. The molecule has 1 aromatic heterocycles. The van der Waals surface area contributed by atoms with Crippen LogP contribution >= 0.6 is 0 Å². The summed E-state index contributed by atoms with van der Waals surface area (Å²) in [6, 6.07) is 17.4. The number of aromatic nitrogens is 1. The number of hydrogen-bond acceptors (Lipinski definition) is 4. The number of amides is 1. The highest BCUT2D eigenvalue weighted by Gasteiger charge is 2.21. The molecule has 122 valence electrons. The quantitative estimate of drug-likeness (QED) is 0.735. The second-order valence-electron chi connectivity index (χ2n) is 5.49. The molecule has 0 aliphatic rings. The van der Waals surface area contributed by atoms with E-state index < -0.39 is 9.84 Å². The van der Waals surface area contributed by atoms with E-state index in [2.05, 4.69) is 4.98 Å². The Morgan fingerprint density at radius 3 is 2.38 bits per heavy atom. The Bertz CT molecular complexity index is 1030. The molecule has 0 saturated carbocycles. The molecular formula is C18H16N2O3S. The lowest BCUT2D eigenvalue weighted by atomic mass is 10.2. The van der Waals surface area contributed by atoms with Gasteiger partial charge >= 0.3 is 0 Å². The van der Waals surface area contributed by atoms with E-state index in [1.807, 2.05) is 30.3 Å². The topological polar surface area (TPSA) is 67.3 Å². The summed E-state index contributed by atoms with van der Waals surface area (Å²) < 4.78 is 23.9. The number of rotatable bonds is 3. The van der Waals surface area contributed by atoms with Crippen LogP contribution < -0.4 is 4.90 Å². The molecule has 1 amide bonds. The number of nitrogens with zero attached hydrogens (tertiary/aromatic N) is 2. The monoisotopic (exact) mass is 340 g/mol. The summed E-state index contributed by atoms with van der Waals surface area (Å²) in [5, 5.41) is 0.938. The minimum absolute atomic E-state index is 0.113. The molecular weight excluding hydrogens is 324 g/mol. The summed E-state index contributed by atoms with van der Waals surface area (Å²) in [7, 11) is -1.90. The highest BCUT2D eigenvalue weighted by atomic mass is 32.2. The lowest BCUT2D eigenvalue weighted by Crippen LogP contribution is -2.28. The highest BCUT2D eigenvalue weighted by Crippen LogP contribution is 2.25. The van der Waals surface area contributed by atoms with Crippen LogP contribution in [0.4, 0.5) is 5.69 Å². The van der Waals surface area contributed by atoms with Crippen LogP contribution in [0.3, 0.4) is 0 Å². The predicted molar refractivity (Wildman–Crippen MR) is 94.0 cm³/mol. The third-order valence-corrected chi connectivity index (χ3v) is 4.89. The highest BCUT2D eigenvalue weighted by molar-refractivity contribution is 7.90. The summed E-state index contributed by atoms with van der Waals surface area (Å²) >= 11 is 0. The molecule has 0 radical (unpaired) electrons. The second-order valence-corrected chi connectivity index (χ2v) is 7.48. The summed E-state index contributed by atoms with van der Waals surface area (Å²) in [5.74, 6) is -0.364. The van der Waals surface area contributed by atoms with Gasteiger partial charge in [0.15, 0.2) is 9.84 Å². The van der Waals surface area contributed by atoms with Crippen LogP contribution in [0.5, 0.6) is 0 Å². The molecule has 0 bridgehead atoms. The molecule has 0 N–H and O–H groups in total. The van der Waals surface area contributed by atoms with E-state index in [-0.39, 0.29) is 16.5 Å². The van der Waals surface area contributed by atoms with Crippen molar-refractivity contribution in [1.82, 2.24) is 4.98 Å². The predicted octanol–water partition coefficient (Wildman–Crippen LogP) is 2.91. The zero-order chi connectivity index (χ0) is 17.3. The van der Waals surface area contributed by atoms with Gasteiger partial charge in [-0.15, -0.1) is 0 Å². The molecule has 2 aromatic carbocycles. The summed E-state index contributed by atoms with van der Waals surface area (Å²) in [6.45, 7) is 0. The number of benzene rings is 2. The van der Waals surface area contributed by atoms with Crippen molar-refractivity contribution in [3.63, 3.8) is 0 Å². The molecule has 0 spiro atoms. The first kappa shape index (κ1) is 16.1. The van der Waals surface area contributed by atoms with Gasteiger partial charge in [-0.05, 0) is 24.3 Å². The number of hydrogen-bond donors (Lipinski definition) is 0. The smallest absolute Gasteiger partial charge is 0.276 e. The molecule has 0 fully saturated rings. The first-order chi connectivity index (χ1) is 11.4. The molecule has 0 unspecified atom stereocenters. The maximum atomic E-state index is 12.7. The molecule has 5 nitrogen and oxygen atoms in total. The van der Waals surface area contributed by atoms with Crippen molar-refractivity contribution in [3.05, 3.63) is 66.4 Å². The molecule has 0 saturated heterocycles. The van der Waals surface area contributed by atoms with Crippen molar-refractivity contribution < 1.29 is 13.2 Å². The summed E-state index contributed by atoms with van der Waals surface area (Å²) in [6.07, 6.45) is 1.12. The lowest BCUT2D eigenvalue weighted by Gasteiger charge is -2.19. The van der Waals surface area contributed by atoms with E-state index in [1.54, 1.807) is 31.3 Å². The Hall–Kier alpha value is -2.73. The van der Waals surface area contributed by atoms with E-state index in [0.29, 0.717) is 11.2 Å². The van der Waals surface area contributed by atoms with Crippen LogP contribution in [0.25, 0.3) is 10.9 Å². The average Bonchev–Trinajstić information content (AvgIpc) is 2.59. The Morgan fingerprint density at radius 2 is 1.62 bits per heavy atom. The van der Waals surface area contributed by atoms with Gasteiger partial charge in [-0.2, -0.15) is 0 Å². The first-order valence-electron chi connectivity index (χ1n) is 7.31. The second kappa shape index (κ2) is 6.05. The fraction of sp³-hybridized carbons (Fsp3) is 0.111. The average molecular weight is 340 g/mol. The number of carbonyl (C=O) groups excluding carboxylic acids is 1. The van der Waals surface area contributed by atoms with Crippen LogP contribution in [-0.4, -0.2) is 32.6 Å². The molecule has 3 rings (SSSR count). The third kappa shape index (κ3) is 3.00. The van der Waals surface area contributed by atoms with Crippen LogP contribution in [0.1, 0.15) is 10.5 Å². The van der Waals surface area contributed by atoms with E-state index in [4.69, 9.17) is 0 Å². The first-order valence-corrected chi connectivity index (χ1v) is 9.20. The van der Waals surface area contributed by atoms with Gasteiger partial charge in [0.2, 0.25) is 0 Å². The van der Waals surface area contributed by atoms with Crippen molar-refractivity contribution in [2.45, 2.75) is 4.90 Å². The fourth-order valence-corrected chi connectivity index (χ4v) is 3.42. The SMILES string of the molecule is CN(C(=O)c1ccc2ccccc2n1)c1ccccc1S(C)(=O)=O. The van der Waals surface area contributed by atoms with Crippen molar-refractivity contribution in [2.24, 2.45) is 0 Å². The minimum Gasteiger partial charge on any atom is -0.309 e. The van der Waals surface area contributed by atoms with Crippen molar-refractivity contribution in [1.29, 1.82) is 0 Å². The summed E-state index contributed by atoms with van der Waals surface area (Å²) in [4.78, 5) is 18.5. The van der Waals surface area contributed by atoms with Gasteiger partial charge in [0, 0.05) is 18.7 Å². The number of anilines is 1. The van der Waals surface area contributed by atoms with Gasteiger partial charge in [-0.3, -0.25) is 4.79 Å². The van der Waals surface area contributed by atoms with Gasteiger partial charge in [-0.1, -0.05) is 36.4 Å². The normalized spacial score (nSPS) is 11.4. The van der Waals surface area contributed by atoms with E-state index in [9.17, 15) is 13.2 Å². The van der Waals surface area contributed by atoms with Gasteiger partial charge in [0.25, 0.3) is 5.91 Å². The van der Waals surface area contributed by atoms with Crippen LogP contribution in [0, 0.1) is 0 Å². The van der Waals surface area contributed by atoms with Crippen molar-refractivity contribution in [3.8, 4) is 0 Å². The summed E-state index contributed by atoms with van der Waals surface area (Å²) in [5.41, 5.74) is 1.31. The van der Waals surface area contributed by atoms with Gasteiger partial charge in [0.05, 0.1) is 16.1 Å². The Morgan fingerprint density at radius 1 is 0.958 bits per heavy atom. The molecule has 24 heavy (non-hydrogen) atoms. The molecule has 0 aliphatic heterocycles. The number of pyridine rings is 1. The Labute approximate surface area is 140 Å². The minimum atomic E-state index is -3.44.